The van der Waals surface area contributed by atoms with E-state index in [0.717, 1.165) is 59.9 Å². The van der Waals surface area contributed by atoms with Crippen molar-refractivity contribution in [2.75, 3.05) is 13.1 Å². The van der Waals surface area contributed by atoms with E-state index in [0.29, 0.717) is 18.1 Å². The molecule has 1 aliphatic rings. The Morgan fingerprint density at radius 3 is 2.34 bits per heavy atom. The molecule has 2 heterocycles. The number of benzene rings is 3. The molecule has 1 N–H and O–H groups in total. The van der Waals surface area contributed by atoms with E-state index in [2.05, 4.69) is 39.0 Å². The Balaban J connectivity index is 1.28. The van der Waals surface area contributed by atoms with E-state index in [4.69, 9.17) is 28.2 Å². The largest absolute Gasteiger partial charge is 0.352 e. The minimum absolute atomic E-state index is 0.0230. The zero-order valence-electron chi connectivity index (χ0n) is 19.5. The first-order valence-electron chi connectivity index (χ1n) is 12.0. The maximum absolute atomic E-state index is 12.9. The lowest BCUT2D eigenvalue weighted by atomic mass is 9.97. The van der Waals surface area contributed by atoms with Crippen LogP contribution in [0.4, 0.5) is 0 Å². The number of carbonyl (C=O) groups excluding carboxylic acids is 1. The number of piperidine rings is 1. The van der Waals surface area contributed by atoms with Gasteiger partial charge in [-0.15, -0.1) is 0 Å². The standard InChI is InChI=1S/C28H28Cl2N4O/c29-23-11-7-20(8-12-23)16-31-28(35)22-4-3-15-33(18-22)19-27-32-25-5-1-2-6-26(25)34(27)17-21-9-13-24(30)14-10-21/h1-2,5-14,22H,3-4,15-19H2,(H,31,35)/t22-/m1/s1. The summed E-state index contributed by atoms with van der Waals surface area (Å²) in [6.07, 6.45) is 1.90. The lowest BCUT2D eigenvalue weighted by Crippen LogP contribution is -2.42. The number of hydrogen-bond acceptors (Lipinski definition) is 3. The monoisotopic (exact) mass is 506 g/mol. The van der Waals surface area contributed by atoms with E-state index in [9.17, 15) is 4.79 Å². The topological polar surface area (TPSA) is 50.2 Å². The number of rotatable bonds is 7. The molecule has 3 aromatic carbocycles. The fourth-order valence-corrected chi connectivity index (χ4v) is 5.00. The number of nitrogens with one attached hydrogen (secondary N) is 1. The van der Waals surface area contributed by atoms with Crippen molar-refractivity contribution in [1.82, 2.24) is 19.8 Å². The lowest BCUT2D eigenvalue weighted by Gasteiger charge is -2.31. The van der Waals surface area contributed by atoms with Gasteiger partial charge in [0.05, 0.1) is 23.5 Å². The second-order valence-corrected chi connectivity index (χ2v) is 10.0. The van der Waals surface area contributed by atoms with Crippen LogP contribution in [0.25, 0.3) is 11.0 Å². The van der Waals surface area contributed by atoms with Gasteiger partial charge in [-0.05, 0) is 66.9 Å². The van der Waals surface area contributed by atoms with Gasteiger partial charge in [0, 0.05) is 29.7 Å². The second-order valence-electron chi connectivity index (χ2n) is 9.15. The molecule has 0 bridgehead atoms. The van der Waals surface area contributed by atoms with Crippen LogP contribution in [0, 0.1) is 5.92 Å². The Labute approximate surface area is 215 Å². The lowest BCUT2D eigenvalue weighted by molar-refractivity contribution is -0.127. The van der Waals surface area contributed by atoms with Crippen LogP contribution in [0.3, 0.4) is 0 Å². The van der Waals surface area contributed by atoms with Crippen LogP contribution < -0.4 is 5.32 Å². The molecule has 0 aliphatic carbocycles. The number of amides is 1. The van der Waals surface area contributed by atoms with E-state index < -0.39 is 0 Å². The third kappa shape index (κ3) is 5.87. The molecular weight excluding hydrogens is 479 g/mol. The van der Waals surface area contributed by atoms with Crippen LogP contribution in [-0.2, 0) is 24.4 Å². The van der Waals surface area contributed by atoms with Crippen molar-refractivity contribution >= 4 is 40.1 Å². The summed E-state index contributed by atoms with van der Waals surface area (Å²) in [6, 6.07) is 23.8. The molecule has 180 valence electrons. The number of para-hydroxylation sites is 2. The predicted molar refractivity (Wildman–Crippen MR) is 142 cm³/mol. The molecular formula is C28H28Cl2N4O. The van der Waals surface area contributed by atoms with Gasteiger partial charge in [-0.2, -0.15) is 0 Å². The Morgan fingerprint density at radius 2 is 1.60 bits per heavy atom. The summed E-state index contributed by atoms with van der Waals surface area (Å²) in [7, 11) is 0. The molecule has 0 unspecified atom stereocenters. The SMILES string of the molecule is O=C(NCc1ccc(Cl)cc1)[C@@H]1CCCN(Cc2nc3ccccc3n2Cc2ccc(Cl)cc2)C1. The quantitative estimate of drug-likeness (QED) is 0.338. The molecule has 1 atom stereocenters. The molecule has 4 aromatic rings. The molecule has 5 rings (SSSR count). The highest BCUT2D eigenvalue weighted by Gasteiger charge is 2.27. The number of imidazole rings is 1. The Kier molecular flexibility index (Phi) is 7.37. The van der Waals surface area contributed by atoms with Crippen LogP contribution in [0.1, 0.15) is 29.8 Å². The highest BCUT2D eigenvalue weighted by atomic mass is 35.5. The summed E-state index contributed by atoms with van der Waals surface area (Å²) in [5.74, 6) is 1.10. The average Bonchev–Trinajstić information content (AvgIpc) is 3.21. The van der Waals surface area contributed by atoms with Crippen LogP contribution in [0.15, 0.2) is 72.8 Å². The number of carbonyl (C=O) groups is 1. The van der Waals surface area contributed by atoms with Gasteiger partial charge in [0.2, 0.25) is 5.91 Å². The average molecular weight is 507 g/mol. The van der Waals surface area contributed by atoms with E-state index in [1.54, 1.807) is 0 Å². The number of fused-ring (bicyclic) bond motifs is 1. The highest BCUT2D eigenvalue weighted by Crippen LogP contribution is 2.23. The van der Waals surface area contributed by atoms with Gasteiger partial charge >= 0.3 is 0 Å². The third-order valence-electron chi connectivity index (χ3n) is 6.61. The molecule has 1 aliphatic heterocycles. The van der Waals surface area contributed by atoms with Crippen LogP contribution >= 0.6 is 23.2 Å². The smallest absolute Gasteiger partial charge is 0.224 e. The molecule has 1 fully saturated rings. The van der Waals surface area contributed by atoms with Gasteiger partial charge < -0.3 is 9.88 Å². The van der Waals surface area contributed by atoms with Gasteiger partial charge in [-0.1, -0.05) is 59.6 Å². The third-order valence-corrected chi connectivity index (χ3v) is 7.11. The van der Waals surface area contributed by atoms with E-state index in [1.165, 1.54) is 5.56 Å². The molecule has 0 saturated carbocycles. The maximum atomic E-state index is 12.9. The Bertz CT molecular complexity index is 1300. The summed E-state index contributed by atoms with van der Waals surface area (Å²) in [5.41, 5.74) is 4.33. The predicted octanol–water partition coefficient (Wildman–Crippen LogP) is 5.92. The van der Waals surface area contributed by atoms with Gasteiger partial charge in [0.1, 0.15) is 5.82 Å². The first kappa shape index (κ1) is 23.9. The number of nitrogens with zero attached hydrogens (tertiary/aromatic N) is 3. The highest BCUT2D eigenvalue weighted by molar-refractivity contribution is 6.30. The van der Waals surface area contributed by atoms with Crippen molar-refractivity contribution < 1.29 is 4.79 Å². The van der Waals surface area contributed by atoms with E-state index >= 15 is 0 Å². The summed E-state index contributed by atoms with van der Waals surface area (Å²) < 4.78 is 2.28. The molecule has 35 heavy (non-hydrogen) atoms. The molecule has 5 nitrogen and oxygen atoms in total. The van der Waals surface area contributed by atoms with Crippen molar-refractivity contribution in [3.05, 3.63) is 99.8 Å². The fourth-order valence-electron chi connectivity index (χ4n) is 4.74. The van der Waals surface area contributed by atoms with Crippen molar-refractivity contribution in [1.29, 1.82) is 0 Å². The molecule has 0 radical (unpaired) electrons. The zero-order chi connectivity index (χ0) is 24.2. The molecule has 1 amide bonds. The van der Waals surface area contributed by atoms with E-state index in [-0.39, 0.29) is 11.8 Å². The Morgan fingerprint density at radius 1 is 0.914 bits per heavy atom. The van der Waals surface area contributed by atoms with Crippen LogP contribution in [-0.4, -0.2) is 33.4 Å². The van der Waals surface area contributed by atoms with Crippen LogP contribution in [0.2, 0.25) is 10.0 Å². The van der Waals surface area contributed by atoms with Gasteiger partial charge in [0.15, 0.2) is 0 Å². The van der Waals surface area contributed by atoms with Crippen molar-refractivity contribution in [3.8, 4) is 0 Å². The number of likely N-dealkylation sites (tertiary alicyclic amines) is 1. The molecule has 0 spiro atoms. The van der Waals surface area contributed by atoms with Gasteiger partial charge in [-0.3, -0.25) is 9.69 Å². The summed E-state index contributed by atoms with van der Waals surface area (Å²) >= 11 is 12.0. The minimum atomic E-state index is -0.0230. The van der Waals surface area contributed by atoms with Gasteiger partial charge in [-0.25, -0.2) is 4.98 Å². The van der Waals surface area contributed by atoms with E-state index in [1.807, 2.05) is 48.5 Å². The van der Waals surface area contributed by atoms with Crippen molar-refractivity contribution in [2.24, 2.45) is 5.92 Å². The van der Waals surface area contributed by atoms with Crippen molar-refractivity contribution in [2.45, 2.75) is 32.5 Å². The molecule has 1 saturated heterocycles. The molecule has 7 heteroatoms. The normalized spacial score (nSPS) is 16.5. The number of hydrogen-bond donors (Lipinski definition) is 1. The minimum Gasteiger partial charge on any atom is -0.352 e. The first-order valence-corrected chi connectivity index (χ1v) is 12.7. The zero-order valence-corrected chi connectivity index (χ0v) is 21.0. The summed E-state index contributed by atoms with van der Waals surface area (Å²) in [5, 5.41) is 4.54. The first-order chi connectivity index (χ1) is 17.0. The molecule has 1 aromatic heterocycles. The fraction of sp³-hybridized carbons (Fsp3) is 0.286. The van der Waals surface area contributed by atoms with Crippen molar-refractivity contribution in [3.63, 3.8) is 0 Å². The number of aromatic nitrogens is 2. The Hall–Kier alpha value is -2.86. The summed E-state index contributed by atoms with van der Waals surface area (Å²) in [4.78, 5) is 20.2. The van der Waals surface area contributed by atoms with Crippen LogP contribution in [0.5, 0.6) is 0 Å². The second kappa shape index (κ2) is 10.8. The van der Waals surface area contributed by atoms with Gasteiger partial charge in [0.25, 0.3) is 0 Å². The summed E-state index contributed by atoms with van der Waals surface area (Å²) in [6.45, 7) is 3.65. The number of halogens is 2. The maximum Gasteiger partial charge on any atom is 0.224 e.